The summed E-state index contributed by atoms with van der Waals surface area (Å²) < 4.78 is 0. The third-order valence-electron chi connectivity index (χ3n) is 2.81. The lowest BCUT2D eigenvalue weighted by Crippen LogP contribution is -2.45. The van der Waals surface area contributed by atoms with E-state index in [-0.39, 0.29) is 0 Å². The first-order valence-corrected chi connectivity index (χ1v) is 11.6. The Morgan fingerprint density at radius 2 is 1.50 bits per heavy atom. The molecule has 0 aliphatic heterocycles. The smallest absolute Gasteiger partial charge is 0.121 e. The summed E-state index contributed by atoms with van der Waals surface area (Å²) in [5.74, 6) is 0. The lowest BCUT2D eigenvalue weighted by atomic mass is 10.9. The predicted octanol–water partition coefficient (Wildman–Crippen LogP) is 3.14. The van der Waals surface area contributed by atoms with Crippen LogP contribution in [0.5, 0.6) is 0 Å². The van der Waals surface area contributed by atoms with Gasteiger partial charge in [0, 0.05) is 8.07 Å². The van der Waals surface area contributed by atoms with Gasteiger partial charge in [-0.25, -0.2) is 0 Å². The summed E-state index contributed by atoms with van der Waals surface area (Å²) in [7, 11) is 0.312. The van der Waals surface area contributed by atoms with Gasteiger partial charge < -0.3 is 4.98 Å². The molecule has 0 fully saturated rings. The third-order valence-corrected chi connectivity index (χ3v) is 9.18. The molecule has 0 amide bonds. The van der Waals surface area contributed by atoms with Crippen molar-refractivity contribution in [3.05, 3.63) is 0 Å². The van der Waals surface area contributed by atoms with Crippen molar-refractivity contribution < 1.29 is 0 Å². The molecule has 3 heteroatoms. The van der Waals surface area contributed by atoms with Gasteiger partial charge in [-0.15, -0.1) is 0 Å². The zero-order chi connectivity index (χ0) is 9.83. The van der Waals surface area contributed by atoms with Crippen LogP contribution in [0.3, 0.4) is 0 Å². The van der Waals surface area contributed by atoms with Gasteiger partial charge in [0.1, 0.15) is 8.24 Å². The lowest BCUT2D eigenvalue weighted by molar-refractivity contribution is 1.05. The van der Waals surface area contributed by atoms with Gasteiger partial charge in [0.05, 0.1) is 0 Å². The fraction of sp³-hybridized carbons (Fsp3) is 1.00. The van der Waals surface area contributed by atoms with Gasteiger partial charge in [0.25, 0.3) is 0 Å². The summed E-state index contributed by atoms with van der Waals surface area (Å²) in [6.07, 6.45) is 0. The van der Waals surface area contributed by atoms with E-state index in [0.717, 1.165) is 0 Å². The average molecular weight is 203 g/mol. The van der Waals surface area contributed by atoms with Gasteiger partial charge in [-0.1, -0.05) is 39.2 Å². The first-order chi connectivity index (χ1) is 5.33. The number of hydrogen-bond donors (Lipinski definition) is 1. The van der Waals surface area contributed by atoms with Crippen LogP contribution in [0.25, 0.3) is 0 Å². The molecule has 0 aromatic rings. The largest absolute Gasteiger partial charge is 0.340 e. The van der Waals surface area contributed by atoms with E-state index in [1.54, 1.807) is 0 Å². The zero-order valence-electron chi connectivity index (χ0n) is 9.62. The first-order valence-electron chi connectivity index (χ1n) is 5.02. The maximum absolute atomic E-state index is 3.56. The molecule has 0 saturated heterocycles. The fourth-order valence-corrected chi connectivity index (χ4v) is 7.29. The van der Waals surface area contributed by atoms with Crippen molar-refractivity contribution >= 4 is 16.3 Å². The molecule has 0 bridgehead atoms. The Bertz CT molecular complexity index is 125. The van der Waals surface area contributed by atoms with Gasteiger partial charge in [-0.05, 0) is 19.1 Å². The molecule has 74 valence electrons. The Morgan fingerprint density at radius 1 is 1.00 bits per heavy atom. The Balaban J connectivity index is 3.89. The highest BCUT2D eigenvalue weighted by Gasteiger charge is 2.25. The summed E-state index contributed by atoms with van der Waals surface area (Å²) >= 11 is 0. The van der Waals surface area contributed by atoms with Crippen LogP contribution in [0.1, 0.15) is 6.92 Å². The standard InChI is InChI=1S/C9H25NSi2/c1-7-12(6,10-2)9-8-11(3,4)5/h10H,7-9H2,1-6H3. The molecule has 0 aliphatic carbocycles. The molecule has 0 saturated carbocycles. The first kappa shape index (κ1) is 12.4. The van der Waals surface area contributed by atoms with Gasteiger partial charge >= 0.3 is 0 Å². The van der Waals surface area contributed by atoms with Crippen molar-refractivity contribution in [1.82, 2.24) is 4.98 Å². The summed E-state index contributed by atoms with van der Waals surface area (Å²) in [6, 6.07) is 4.33. The molecule has 0 rings (SSSR count). The van der Waals surface area contributed by atoms with Crippen molar-refractivity contribution in [2.24, 2.45) is 0 Å². The predicted molar refractivity (Wildman–Crippen MR) is 64.1 cm³/mol. The third kappa shape index (κ3) is 5.11. The molecule has 0 aromatic heterocycles. The van der Waals surface area contributed by atoms with E-state index >= 15 is 0 Å². The lowest BCUT2D eigenvalue weighted by Gasteiger charge is -2.28. The zero-order valence-corrected chi connectivity index (χ0v) is 11.6. The number of rotatable bonds is 5. The quantitative estimate of drug-likeness (QED) is 0.677. The summed E-state index contributed by atoms with van der Waals surface area (Å²) in [4.78, 5) is 3.56. The fourth-order valence-electron chi connectivity index (χ4n) is 1.13. The Kier molecular flexibility index (Phi) is 4.73. The van der Waals surface area contributed by atoms with Crippen LogP contribution in [0, 0.1) is 0 Å². The molecule has 0 heterocycles. The van der Waals surface area contributed by atoms with Gasteiger partial charge in [-0.2, -0.15) is 0 Å². The molecule has 1 unspecified atom stereocenters. The monoisotopic (exact) mass is 203 g/mol. The van der Waals surface area contributed by atoms with E-state index in [0.29, 0.717) is 0 Å². The molecule has 1 atom stereocenters. The van der Waals surface area contributed by atoms with Crippen molar-refractivity contribution in [2.75, 3.05) is 7.05 Å². The SMILES string of the molecule is CC[Si](C)(CC[Si](C)(C)C)NC. The van der Waals surface area contributed by atoms with E-state index in [1.807, 2.05) is 0 Å². The maximum atomic E-state index is 3.56. The second-order valence-electron chi connectivity index (χ2n) is 5.22. The second-order valence-corrected chi connectivity index (χ2v) is 15.7. The minimum Gasteiger partial charge on any atom is -0.340 e. The molecule has 0 aromatic carbocycles. The van der Waals surface area contributed by atoms with Gasteiger partial charge in [0.2, 0.25) is 0 Å². The molecule has 0 aliphatic rings. The van der Waals surface area contributed by atoms with Crippen molar-refractivity contribution in [3.63, 3.8) is 0 Å². The average Bonchev–Trinajstić information content (AvgIpc) is 1.99. The van der Waals surface area contributed by atoms with Crippen LogP contribution in [0.15, 0.2) is 0 Å². The molecule has 1 N–H and O–H groups in total. The van der Waals surface area contributed by atoms with E-state index < -0.39 is 16.3 Å². The number of nitrogens with one attached hydrogen (secondary N) is 1. The highest BCUT2D eigenvalue weighted by Crippen LogP contribution is 2.20. The Hall–Kier alpha value is 0.394. The summed E-state index contributed by atoms with van der Waals surface area (Å²) in [5, 5.41) is 0. The van der Waals surface area contributed by atoms with Gasteiger partial charge in [0.15, 0.2) is 0 Å². The summed E-state index contributed by atoms with van der Waals surface area (Å²) in [5.41, 5.74) is 0. The van der Waals surface area contributed by atoms with E-state index in [9.17, 15) is 0 Å². The number of hydrogen-bond acceptors (Lipinski definition) is 1. The van der Waals surface area contributed by atoms with Crippen LogP contribution in [0.2, 0.25) is 44.3 Å². The van der Waals surface area contributed by atoms with Crippen LogP contribution >= 0.6 is 0 Å². The topological polar surface area (TPSA) is 12.0 Å². The molecule has 12 heavy (non-hydrogen) atoms. The second kappa shape index (κ2) is 4.58. The highest BCUT2D eigenvalue weighted by atomic mass is 28.3. The highest BCUT2D eigenvalue weighted by molar-refractivity contribution is 6.81. The molecular weight excluding hydrogens is 178 g/mol. The van der Waals surface area contributed by atoms with E-state index in [2.05, 4.69) is 45.1 Å². The van der Waals surface area contributed by atoms with E-state index in [4.69, 9.17) is 0 Å². The molecule has 0 spiro atoms. The van der Waals surface area contributed by atoms with Crippen LogP contribution < -0.4 is 4.98 Å². The van der Waals surface area contributed by atoms with Crippen LogP contribution in [-0.2, 0) is 0 Å². The molecule has 0 radical (unpaired) electrons. The normalized spacial score (nSPS) is 17.5. The minimum absolute atomic E-state index is 0.805. The molecular formula is C9H25NSi2. The van der Waals surface area contributed by atoms with Crippen molar-refractivity contribution in [3.8, 4) is 0 Å². The molecule has 1 nitrogen and oxygen atoms in total. The minimum atomic E-state index is -1.02. The van der Waals surface area contributed by atoms with Crippen LogP contribution in [-0.4, -0.2) is 23.4 Å². The summed E-state index contributed by atoms with van der Waals surface area (Å²) in [6.45, 7) is 12.2. The van der Waals surface area contributed by atoms with Crippen molar-refractivity contribution in [2.45, 2.75) is 51.2 Å². The van der Waals surface area contributed by atoms with Crippen molar-refractivity contribution in [1.29, 1.82) is 0 Å². The maximum Gasteiger partial charge on any atom is 0.121 e. The van der Waals surface area contributed by atoms with Gasteiger partial charge in [-0.3, -0.25) is 0 Å². The Morgan fingerprint density at radius 3 is 1.75 bits per heavy atom. The Labute approximate surface area is 80.1 Å². The van der Waals surface area contributed by atoms with E-state index in [1.165, 1.54) is 18.1 Å². The van der Waals surface area contributed by atoms with Crippen LogP contribution in [0.4, 0.5) is 0 Å².